The molecule has 38 heavy (non-hydrogen) atoms. The number of amides is 1. The van der Waals surface area contributed by atoms with Gasteiger partial charge in [-0.25, -0.2) is 13.4 Å². The number of halogens is 1. The summed E-state index contributed by atoms with van der Waals surface area (Å²) in [4.78, 5) is 18.5. The summed E-state index contributed by atoms with van der Waals surface area (Å²) in [6.07, 6.45) is 3.32. The Morgan fingerprint density at radius 2 is 1.76 bits per heavy atom. The van der Waals surface area contributed by atoms with Crippen molar-refractivity contribution in [1.29, 1.82) is 0 Å². The summed E-state index contributed by atoms with van der Waals surface area (Å²) in [5.74, 6) is 0.124. The van der Waals surface area contributed by atoms with Crippen LogP contribution in [0.3, 0.4) is 0 Å². The van der Waals surface area contributed by atoms with Crippen molar-refractivity contribution in [2.45, 2.75) is 31.6 Å². The van der Waals surface area contributed by atoms with E-state index in [1.165, 1.54) is 32.8 Å². The normalized spacial score (nSPS) is 15.3. The average molecular weight is 612 g/mol. The molecule has 1 aliphatic heterocycles. The number of hydrazone groups is 1. The molecule has 1 saturated heterocycles. The van der Waals surface area contributed by atoms with Crippen LogP contribution in [0.2, 0.25) is 0 Å². The van der Waals surface area contributed by atoms with Gasteiger partial charge in [-0.15, -0.1) is 0 Å². The van der Waals surface area contributed by atoms with Gasteiger partial charge >= 0.3 is 0 Å². The van der Waals surface area contributed by atoms with E-state index in [0.717, 1.165) is 38.7 Å². The van der Waals surface area contributed by atoms with E-state index < -0.39 is 15.9 Å². The zero-order valence-electron chi connectivity index (χ0n) is 21.0. The topological polar surface area (TPSA) is 82.9 Å². The number of hydrogen-bond acceptors (Lipinski definition) is 6. The van der Waals surface area contributed by atoms with Crippen LogP contribution in [0.5, 0.6) is 0 Å². The fourth-order valence-corrected chi connectivity index (χ4v) is 7.15. The number of piperidine rings is 1. The number of aromatic nitrogens is 1. The third-order valence-corrected chi connectivity index (χ3v) is 9.99. The molecule has 0 N–H and O–H groups in total. The van der Waals surface area contributed by atoms with Crippen molar-refractivity contribution in [3.63, 3.8) is 0 Å². The number of hydrogen-bond donors (Lipinski definition) is 0. The van der Waals surface area contributed by atoms with Gasteiger partial charge in [0.2, 0.25) is 15.2 Å². The van der Waals surface area contributed by atoms with E-state index in [1.54, 1.807) is 18.3 Å². The number of thiazole rings is 1. The van der Waals surface area contributed by atoms with Crippen LogP contribution in [0, 0.1) is 12.8 Å². The number of rotatable bonds is 6. The molecular formula is C28H27BrN4O3S2. The van der Waals surface area contributed by atoms with E-state index in [1.807, 2.05) is 49.4 Å². The summed E-state index contributed by atoms with van der Waals surface area (Å²) in [5, 5.41) is 6.20. The maximum atomic E-state index is 13.7. The van der Waals surface area contributed by atoms with Crippen molar-refractivity contribution in [2.24, 2.45) is 11.0 Å². The molecule has 10 heteroatoms. The van der Waals surface area contributed by atoms with E-state index in [-0.39, 0.29) is 4.90 Å². The Bertz CT molecular complexity index is 1590. The summed E-state index contributed by atoms with van der Waals surface area (Å²) < 4.78 is 29.6. The molecule has 0 saturated carbocycles. The first kappa shape index (κ1) is 26.7. The van der Waals surface area contributed by atoms with Crippen LogP contribution >= 0.6 is 27.3 Å². The highest BCUT2D eigenvalue weighted by atomic mass is 79.9. The molecule has 4 aromatic rings. The molecule has 1 fully saturated rings. The van der Waals surface area contributed by atoms with Gasteiger partial charge in [0.05, 0.1) is 21.3 Å². The monoisotopic (exact) mass is 610 g/mol. The molecule has 0 unspecified atom stereocenters. The summed E-state index contributed by atoms with van der Waals surface area (Å²) in [6.45, 7) is 5.17. The molecule has 0 atom stereocenters. The van der Waals surface area contributed by atoms with Crippen LogP contribution in [0.25, 0.3) is 10.2 Å². The second kappa shape index (κ2) is 11.1. The standard InChI is InChI=1S/C28H27BrN4O3S2/c1-19-3-5-21(6-4-19)18-30-33(28-31-25-12-9-23(29)17-26(25)37-28)27(34)22-7-10-24(11-8-22)38(35,36)32-15-13-20(2)14-16-32/h3-12,17-18,20H,13-16H2,1-2H3/b30-18+. The van der Waals surface area contributed by atoms with Crippen molar-refractivity contribution in [3.8, 4) is 0 Å². The van der Waals surface area contributed by atoms with Gasteiger partial charge in [0.15, 0.2) is 0 Å². The molecule has 1 amide bonds. The van der Waals surface area contributed by atoms with E-state index in [0.29, 0.717) is 29.7 Å². The lowest BCUT2D eigenvalue weighted by Crippen LogP contribution is -2.37. The third kappa shape index (κ3) is 5.73. The SMILES string of the molecule is Cc1ccc(/C=N/N(C(=O)c2ccc(S(=O)(=O)N3CCC(C)CC3)cc2)c2nc3ccc(Br)cc3s2)cc1. The number of benzene rings is 3. The highest BCUT2D eigenvalue weighted by Gasteiger charge is 2.29. The first-order valence-electron chi connectivity index (χ1n) is 12.3. The highest BCUT2D eigenvalue weighted by molar-refractivity contribution is 9.10. The van der Waals surface area contributed by atoms with Gasteiger partial charge < -0.3 is 0 Å². The molecule has 3 aromatic carbocycles. The third-order valence-electron chi connectivity index (χ3n) is 6.59. The van der Waals surface area contributed by atoms with Crippen LogP contribution in [0.15, 0.2) is 81.2 Å². The van der Waals surface area contributed by atoms with Gasteiger partial charge in [-0.1, -0.05) is 64.0 Å². The van der Waals surface area contributed by atoms with E-state index in [4.69, 9.17) is 0 Å². The zero-order chi connectivity index (χ0) is 26.9. The summed E-state index contributed by atoms with van der Waals surface area (Å²) in [7, 11) is -3.61. The van der Waals surface area contributed by atoms with Gasteiger partial charge in [0.25, 0.3) is 5.91 Å². The summed E-state index contributed by atoms with van der Waals surface area (Å²) in [5.41, 5.74) is 3.04. The van der Waals surface area contributed by atoms with Gasteiger partial charge in [-0.05, 0) is 73.7 Å². The van der Waals surface area contributed by atoms with Crippen molar-refractivity contribution in [1.82, 2.24) is 9.29 Å². The maximum absolute atomic E-state index is 13.7. The van der Waals surface area contributed by atoms with Crippen LogP contribution in [-0.4, -0.2) is 42.9 Å². The summed E-state index contributed by atoms with van der Waals surface area (Å²) >= 11 is 4.84. The number of aryl methyl sites for hydroxylation is 1. The van der Waals surface area contributed by atoms with Gasteiger partial charge in [-0.3, -0.25) is 4.79 Å². The lowest BCUT2D eigenvalue weighted by molar-refractivity contribution is 0.0987. The van der Waals surface area contributed by atoms with E-state index in [2.05, 4.69) is 32.9 Å². The average Bonchev–Trinajstić information content (AvgIpc) is 3.33. The summed E-state index contributed by atoms with van der Waals surface area (Å²) in [6, 6.07) is 19.6. The number of carbonyl (C=O) groups excluding carboxylic acids is 1. The zero-order valence-corrected chi connectivity index (χ0v) is 24.3. The molecule has 1 aromatic heterocycles. The molecule has 0 spiro atoms. The minimum Gasteiger partial charge on any atom is -0.267 e. The number of carbonyl (C=O) groups is 1. The molecule has 196 valence electrons. The minimum atomic E-state index is -3.61. The van der Waals surface area contributed by atoms with E-state index >= 15 is 0 Å². The second-order valence-electron chi connectivity index (χ2n) is 9.49. The Labute approximate surface area is 235 Å². The van der Waals surface area contributed by atoms with Crippen LogP contribution in [0.4, 0.5) is 5.13 Å². The second-order valence-corrected chi connectivity index (χ2v) is 13.4. The molecule has 1 aliphatic rings. The van der Waals surface area contributed by atoms with Crippen LogP contribution in [0.1, 0.15) is 41.3 Å². The Balaban J connectivity index is 1.46. The Hall–Kier alpha value is -2.92. The van der Waals surface area contributed by atoms with Crippen LogP contribution in [-0.2, 0) is 10.0 Å². The first-order valence-corrected chi connectivity index (χ1v) is 15.4. The molecule has 0 bridgehead atoms. The largest absolute Gasteiger partial charge is 0.280 e. The first-order chi connectivity index (χ1) is 18.2. The van der Waals surface area contributed by atoms with E-state index in [9.17, 15) is 13.2 Å². The fraction of sp³-hybridized carbons (Fsp3) is 0.250. The molecule has 0 radical (unpaired) electrons. The lowest BCUT2D eigenvalue weighted by Gasteiger charge is -2.29. The number of nitrogens with zero attached hydrogens (tertiary/aromatic N) is 4. The van der Waals surface area contributed by atoms with Gasteiger partial charge in [-0.2, -0.15) is 14.4 Å². The Morgan fingerprint density at radius 1 is 1.08 bits per heavy atom. The number of anilines is 1. The highest BCUT2D eigenvalue weighted by Crippen LogP contribution is 2.32. The number of fused-ring (bicyclic) bond motifs is 1. The van der Waals surface area contributed by atoms with Crippen molar-refractivity contribution in [2.75, 3.05) is 18.1 Å². The Morgan fingerprint density at radius 3 is 2.45 bits per heavy atom. The maximum Gasteiger partial charge on any atom is 0.280 e. The molecule has 7 nitrogen and oxygen atoms in total. The Kier molecular flexibility index (Phi) is 7.76. The number of sulfonamides is 1. The molecule has 5 rings (SSSR count). The lowest BCUT2D eigenvalue weighted by atomic mass is 10.0. The predicted molar refractivity (Wildman–Crippen MR) is 157 cm³/mol. The fourth-order valence-electron chi connectivity index (χ4n) is 4.21. The van der Waals surface area contributed by atoms with Crippen LogP contribution < -0.4 is 5.01 Å². The van der Waals surface area contributed by atoms with Gasteiger partial charge in [0.1, 0.15) is 0 Å². The molecular weight excluding hydrogens is 584 g/mol. The van der Waals surface area contributed by atoms with Crippen molar-refractivity contribution >= 4 is 64.8 Å². The molecule has 0 aliphatic carbocycles. The van der Waals surface area contributed by atoms with Crippen molar-refractivity contribution < 1.29 is 13.2 Å². The van der Waals surface area contributed by atoms with Crippen molar-refractivity contribution in [3.05, 3.63) is 87.9 Å². The molecule has 2 heterocycles. The smallest absolute Gasteiger partial charge is 0.267 e. The minimum absolute atomic E-state index is 0.183. The quantitative estimate of drug-likeness (QED) is 0.185. The van der Waals surface area contributed by atoms with Gasteiger partial charge in [0, 0.05) is 23.1 Å². The predicted octanol–water partition coefficient (Wildman–Crippen LogP) is 6.47.